The second kappa shape index (κ2) is 4.02. The average molecular weight is 302 g/mol. The maximum absolute atomic E-state index is 12.1. The van der Waals surface area contributed by atoms with E-state index in [1.165, 1.54) is 12.1 Å². The van der Waals surface area contributed by atoms with E-state index in [4.69, 9.17) is 15.1 Å². The van der Waals surface area contributed by atoms with Gasteiger partial charge in [0.1, 0.15) is 0 Å². The van der Waals surface area contributed by atoms with Gasteiger partial charge in [-0.15, -0.1) is 13.2 Å². The molecule has 10 heteroatoms. The van der Waals surface area contributed by atoms with E-state index in [0.717, 1.165) is 6.07 Å². The van der Waals surface area contributed by atoms with Crippen molar-refractivity contribution in [2.24, 2.45) is 0 Å². The van der Waals surface area contributed by atoms with E-state index in [-0.39, 0.29) is 11.1 Å². The monoisotopic (exact) mass is 301 g/mol. The van der Waals surface area contributed by atoms with E-state index in [9.17, 15) is 21.6 Å². The Labute approximate surface area is 103 Å². The molecule has 0 aliphatic carbocycles. The SMILES string of the molecule is O=S(=O)(Cl)c1nc2c(OC(F)(F)F)cccc2o1. The number of rotatable bonds is 2. The molecule has 0 saturated carbocycles. The van der Waals surface area contributed by atoms with Gasteiger partial charge in [0.2, 0.25) is 0 Å². The highest BCUT2D eigenvalue weighted by atomic mass is 35.7. The number of hydrogen-bond acceptors (Lipinski definition) is 5. The molecule has 1 aromatic carbocycles. The highest BCUT2D eigenvalue weighted by Gasteiger charge is 2.33. The number of alkyl halides is 3. The highest BCUT2D eigenvalue weighted by molar-refractivity contribution is 8.13. The number of benzene rings is 1. The van der Waals surface area contributed by atoms with Crippen molar-refractivity contribution >= 4 is 30.8 Å². The largest absolute Gasteiger partial charge is 0.573 e. The summed E-state index contributed by atoms with van der Waals surface area (Å²) in [6, 6.07) is 3.40. The van der Waals surface area contributed by atoms with E-state index in [1.54, 1.807) is 0 Å². The molecule has 1 heterocycles. The standard InChI is InChI=1S/C8H3ClF3NO4S/c9-18(14,15)7-13-6-4(16-7)2-1-3-5(6)17-8(10,11)12/h1-3H. The van der Waals surface area contributed by atoms with Gasteiger partial charge < -0.3 is 9.15 Å². The van der Waals surface area contributed by atoms with Gasteiger partial charge in [-0.05, 0) is 12.1 Å². The lowest BCUT2D eigenvalue weighted by Gasteiger charge is -2.07. The molecule has 1 aromatic heterocycles. The zero-order chi connectivity index (χ0) is 13.6. The fourth-order valence-corrected chi connectivity index (χ4v) is 1.80. The van der Waals surface area contributed by atoms with Gasteiger partial charge in [0.15, 0.2) is 16.8 Å². The molecule has 0 fully saturated rings. The van der Waals surface area contributed by atoms with Crippen LogP contribution in [0.5, 0.6) is 5.75 Å². The smallest absolute Gasteiger partial charge is 0.427 e. The Morgan fingerprint density at radius 2 is 2.00 bits per heavy atom. The number of fused-ring (bicyclic) bond motifs is 1. The summed E-state index contributed by atoms with van der Waals surface area (Å²) in [5.74, 6) is -0.671. The fraction of sp³-hybridized carbons (Fsp3) is 0.125. The summed E-state index contributed by atoms with van der Waals surface area (Å²) >= 11 is 0. The molecule has 0 atom stereocenters. The molecule has 0 spiro atoms. The van der Waals surface area contributed by atoms with Crippen molar-refractivity contribution in [3.8, 4) is 5.75 Å². The Morgan fingerprint density at radius 3 is 2.56 bits per heavy atom. The molecule has 0 aliphatic heterocycles. The van der Waals surface area contributed by atoms with Gasteiger partial charge in [-0.1, -0.05) is 6.07 Å². The lowest BCUT2D eigenvalue weighted by Crippen LogP contribution is -2.17. The van der Waals surface area contributed by atoms with Crippen LogP contribution in [-0.4, -0.2) is 19.8 Å². The predicted molar refractivity (Wildman–Crippen MR) is 53.7 cm³/mol. The van der Waals surface area contributed by atoms with E-state index in [0.29, 0.717) is 0 Å². The van der Waals surface area contributed by atoms with Crippen LogP contribution in [0.1, 0.15) is 0 Å². The predicted octanol–water partition coefficient (Wildman–Crippen LogP) is 2.65. The summed E-state index contributed by atoms with van der Waals surface area (Å²) in [5, 5.41) is -0.891. The molecule has 0 amide bonds. The first-order valence-corrected chi connectivity index (χ1v) is 6.58. The first-order valence-electron chi connectivity index (χ1n) is 4.27. The third-order valence-corrected chi connectivity index (χ3v) is 2.78. The maximum atomic E-state index is 12.1. The number of nitrogens with zero attached hydrogens (tertiary/aromatic N) is 1. The Balaban J connectivity index is 2.60. The molecule has 0 aliphatic rings. The molecule has 98 valence electrons. The third kappa shape index (κ3) is 2.67. The van der Waals surface area contributed by atoms with E-state index >= 15 is 0 Å². The quantitative estimate of drug-likeness (QED) is 0.798. The van der Waals surface area contributed by atoms with Crippen LogP contribution in [0.25, 0.3) is 11.1 Å². The van der Waals surface area contributed by atoms with Crippen molar-refractivity contribution < 1.29 is 30.7 Å². The van der Waals surface area contributed by atoms with Gasteiger partial charge in [0, 0.05) is 10.7 Å². The van der Waals surface area contributed by atoms with Crippen molar-refractivity contribution in [1.29, 1.82) is 0 Å². The van der Waals surface area contributed by atoms with Gasteiger partial charge >= 0.3 is 20.6 Å². The Kier molecular flexibility index (Phi) is 2.90. The molecule has 2 rings (SSSR count). The number of ether oxygens (including phenoxy) is 1. The first kappa shape index (κ1) is 13.0. The zero-order valence-electron chi connectivity index (χ0n) is 8.23. The van der Waals surface area contributed by atoms with Crippen LogP contribution in [0.3, 0.4) is 0 Å². The van der Waals surface area contributed by atoms with Gasteiger partial charge in [0.25, 0.3) is 0 Å². The molecular weight excluding hydrogens is 299 g/mol. The number of oxazole rings is 1. The normalized spacial score (nSPS) is 12.9. The Hall–Kier alpha value is -1.48. The number of para-hydroxylation sites is 1. The minimum Gasteiger partial charge on any atom is -0.427 e. The Morgan fingerprint density at radius 1 is 1.33 bits per heavy atom. The summed E-state index contributed by atoms with van der Waals surface area (Å²) in [4.78, 5) is 3.36. The highest BCUT2D eigenvalue weighted by Crippen LogP contribution is 2.31. The van der Waals surface area contributed by atoms with Crippen molar-refractivity contribution in [2.45, 2.75) is 11.6 Å². The summed E-state index contributed by atoms with van der Waals surface area (Å²) < 4.78 is 66.5. The molecule has 0 bridgehead atoms. The fourth-order valence-electron chi connectivity index (χ4n) is 1.21. The van der Waals surface area contributed by atoms with Gasteiger partial charge in [-0.25, -0.2) is 8.42 Å². The minimum absolute atomic E-state index is 0.184. The Bertz CT molecular complexity index is 694. The van der Waals surface area contributed by atoms with Crippen molar-refractivity contribution in [1.82, 2.24) is 4.98 Å². The second-order valence-electron chi connectivity index (χ2n) is 3.07. The lowest BCUT2D eigenvalue weighted by molar-refractivity contribution is -0.274. The van der Waals surface area contributed by atoms with Crippen molar-refractivity contribution in [2.75, 3.05) is 0 Å². The summed E-state index contributed by atoms with van der Waals surface area (Å²) in [5.41, 5.74) is -0.565. The second-order valence-corrected chi connectivity index (χ2v) is 5.51. The maximum Gasteiger partial charge on any atom is 0.573 e. The molecule has 2 aromatic rings. The van der Waals surface area contributed by atoms with E-state index in [1.807, 2.05) is 0 Å². The molecular formula is C8H3ClF3NO4S. The molecule has 0 radical (unpaired) electrons. The van der Waals surface area contributed by atoms with E-state index in [2.05, 4.69) is 9.72 Å². The van der Waals surface area contributed by atoms with E-state index < -0.39 is 26.4 Å². The number of halogens is 4. The first-order chi connectivity index (χ1) is 8.17. The summed E-state index contributed by atoms with van der Waals surface area (Å²) in [6.07, 6.45) is -4.92. The zero-order valence-corrected chi connectivity index (χ0v) is 9.80. The summed E-state index contributed by atoms with van der Waals surface area (Å²) in [7, 11) is 0.701. The van der Waals surface area contributed by atoms with Crippen molar-refractivity contribution in [3.63, 3.8) is 0 Å². The van der Waals surface area contributed by atoms with Crippen LogP contribution in [-0.2, 0) is 9.05 Å². The van der Waals surface area contributed by atoms with Crippen LogP contribution in [0.4, 0.5) is 13.2 Å². The summed E-state index contributed by atoms with van der Waals surface area (Å²) in [6.45, 7) is 0. The van der Waals surface area contributed by atoms with Crippen molar-refractivity contribution in [3.05, 3.63) is 18.2 Å². The van der Waals surface area contributed by atoms with Crippen LogP contribution < -0.4 is 4.74 Å². The molecule has 0 unspecified atom stereocenters. The number of aromatic nitrogens is 1. The minimum atomic E-state index is -4.92. The van der Waals surface area contributed by atoms with Crippen LogP contribution >= 0.6 is 10.7 Å². The van der Waals surface area contributed by atoms with Gasteiger partial charge in [-0.2, -0.15) is 4.98 Å². The topological polar surface area (TPSA) is 69.4 Å². The third-order valence-electron chi connectivity index (χ3n) is 1.80. The van der Waals surface area contributed by atoms with Gasteiger partial charge in [0.05, 0.1) is 0 Å². The molecule has 0 saturated heterocycles. The molecule has 18 heavy (non-hydrogen) atoms. The van der Waals surface area contributed by atoms with Gasteiger partial charge in [-0.3, -0.25) is 0 Å². The molecule has 0 N–H and O–H groups in total. The average Bonchev–Trinajstić information content (AvgIpc) is 2.59. The number of hydrogen-bond donors (Lipinski definition) is 0. The van der Waals surface area contributed by atoms with Crippen LogP contribution in [0.2, 0.25) is 0 Å². The lowest BCUT2D eigenvalue weighted by atomic mass is 10.3. The van der Waals surface area contributed by atoms with Crippen LogP contribution in [0, 0.1) is 0 Å². The molecule has 5 nitrogen and oxygen atoms in total. The van der Waals surface area contributed by atoms with Crippen LogP contribution in [0.15, 0.2) is 27.8 Å².